The number of rotatable bonds is 2. The van der Waals surface area contributed by atoms with Crippen molar-refractivity contribution >= 4 is 40.1 Å². The third-order valence-corrected chi connectivity index (χ3v) is 7.44. The number of carbonyl (C=O) groups is 2. The van der Waals surface area contributed by atoms with Crippen LogP contribution in [0.3, 0.4) is 0 Å². The number of carbonyl (C=O) groups excluding carboxylic acids is 2. The number of pyridine rings is 1. The Bertz CT molecular complexity index is 1250. The van der Waals surface area contributed by atoms with Gasteiger partial charge in [-0.1, -0.05) is 0 Å². The van der Waals surface area contributed by atoms with E-state index < -0.39 is 0 Å². The molecule has 1 amide bonds. The van der Waals surface area contributed by atoms with Gasteiger partial charge in [0.2, 0.25) is 0 Å². The van der Waals surface area contributed by atoms with E-state index >= 15 is 0 Å². The van der Waals surface area contributed by atoms with Gasteiger partial charge in [0.05, 0.1) is 4.88 Å². The molecule has 1 saturated carbocycles. The second-order valence-corrected chi connectivity index (χ2v) is 8.69. The molecular weight excluding hydrogens is 370 g/mol. The first-order chi connectivity index (χ1) is 13.6. The molecule has 1 N–H and O–H groups in total. The third-order valence-electron chi connectivity index (χ3n) is 6.32. The minimum Gasteiger partial charge on any atom is -0.346 e. The number of amides is 1. The fraction of sp³-hybridized carbons (Fsp3) is 0.227. The van der Waals surface area contributed by atoms with Crippen LogP contribution in [0.15, 0.2) is 47.8 Å². The van der Waals surface area contributed by atoms with Crippen molar-refractivity contribution in [1.29, 1.82) is 0 Å². The molecule has 0 aromatic carbocycles. The predicted molar refractivity (Wildman–Crippen MR) is 108 cm³/mol. The van der Waals surface area contributed by atoms with E-state index in [0.29, 0.717) is 12.5 Å². The van der Waals surface area contributed by atoms with E-state index in [1.54, 1.807) is 23.2 Å². The van der Waals surface area contributed by atoms with Crippen molar-refractivity contribution in [2.75, 3.05) is 6.54 Å². The van der Waals surface area contributed by atoms with E-state index in [1.165, 1.54) is 22.5 Å². The van der Waals surface area contributed by atoms with Crippen LogP contribution in [-0.4, -0.2) is 33.1 Å². The van der Waals surface area contributed by atoms with Gasteiger partial charge in [-0.2, -0.15) is 0 Å². The molecule has 4 heterocycles. The van der Waals surface area contributed by atoms with Crippen molar-refractivity contribution in [3.63, 3.8) is 0 Å². The van der Waals surface area contributed by atoms with Crippen molar-refractivity contribution in [2.24, 2.45) is 5.92 Å². The average Bonchev–Trinajstić information content (AvgIpc) is 3.01. The monoisotopic (exact) mass is 387 g/mol. The van der Waals surface area contributed by atoms with Gasteiger partial charge in [0.25, 0.3) is 5.91 Å². The molecule has 28 heavy (non-hydrogen) atoms. The summed E-state index contributed by atoms with van der Waals surface area (Å²) in [6.45, 7) is 2.76. The van der Waals surface area contributed by atoms with Crippen molar-refractivity contribution < 1.29 is 9.59 Å². The highest BCUT2D eigenvalue weighted by atomic mass is 32.1. The van der Waals surface area contributed by atoms with E-state index in [2.05, 4.69) is 22.3 Å². The van der Waals surface area contributed by atoms with Gasteiger partial charge >= 0.3 is 0 Å². The largest absolute Gasteiger partial charge is 0.346 e. The number of aromatic nitrogens is 2. The van der Waals surface area contributed by atoms with Gasteiger partial charge in [-0.25, -0.2) is 4.98 Å². The Morgan fingerprint density at radius 1 is 1.46 bits per heavy atom. The summed E-state index contributed by atoms with van der Waals surface area (Å²) in [4.78, 5) is 35.7. The van der Waals surface area contributed by atoms with Gasteiger partial charge in [-0.3, -0.25) is 9.59 Å². The summed E-state index contributed by atoms with van der Waals surface area (Å²) in [6.07, 6.45) is 9.77. The van der Waals surface area contributed by atoms with Gasteiger partial charge in [0, 0.05) is 53.2 Å². The lowest BCUT2D eigenvalue weighted by atomic mass is 9.84. The van der Waals surface area contributed by atoms with E-state index in [4.69, 9.17) is 0 Å². The molecular formula is C22H17N3O2S. The third kappa shape index (κ3) is 1.93. The standard InChI is InChI=1S/C22H17N3O2S/c1-12-11-28-20-16(26)7-17-22(19(12)20)8-14(22)10-25(17)18(27)5-4-13-9-24-21-15(13)3-2-6-23-21/h2-7,9,11,14H,8,10H2,1H3,(H,23,24)/b5-4+/t14-,22+/m1/s1. The molecule has 5 nitrogen and oxygen atoms in total. The number of likely N-dealkylation sites (tertiary alicyclic amines) is 1. The quantitative estimate of drug-likeness (QED) is 0.680. The lowest BCUT2D eigenvalue weighted by molar-refractivity contribution is -0.123. The van der Waals surface area contributed by atoms with Gasteiger partial charge in [-0.05, 0) is 54.0 Å². The zero-order valence-electron chi connectivity index (χ0n) is 15.2. The maximum absolute atomic E-state index is 13.0. The van der Waals surface area contributed by atoms with Crippen LogP contribution in [-0.2, 0) is 10.2 Å². The number of hydrogen-bond acceptors (Lipinski definition) is 4. The molecule has 1 spiro atoms. The Morgan fingerprint density at radius 3 is 3.25 bits per heavy atom. The maximum atomic E-state index is 13.0. The van der Waals surface area contributed by atoms with Crippen LogP contribution in [0.1, 0.15) is 32.8 Å². The normalized spacial score (nSPS) is 25.0. The molecule has 0 unspecified atom stereocenters. The number of nitrogens with zero attached hydrogens (tertiary/aromatic N) is 2. The van der Waals surface area contributed by atoms with Crippen molar-refractivity contribution in [3.05, 3.63) is 69.3 Å². The summed E-state index contributed by atoms with van der Waals surface area (Å²) in [7, 11) is 0. The molecule has 3 aliphatic rings. The average molecular weight is 387 g/mol. The molecule has 138 valence electrons. The summed E-state index contributed by atoms with van der Waals surface area (Å²) in [5.74, 6) is 0.388. The molecule has 2 atom stereocenters. The van der Waals surface area contributed by atoms with Crippen LogP contribution >= 0.6 is 11.3 Å². The van der Waals surface area contributed by atoms with E-state index in [1.807, 2.05) is 24.4 Å². The van der Waals surface area contributed by atoms with E-state index in [9.17, 15) is 9.59 Å². The Balaban J connectivity index is 1.34. The summed E-state index contributed by atoms with van der Waals surface area (Å²) in [5.41, 5.74) is 4.87. The topological polar surface area (TPSA) is 66.1 Å². The molecule has 3 aromatic heterocycles. The minimum atomic E-state index is -0.110. The molecule has 0 radical (unpaired) electrons. The van der Waals surface area contributed by atoms with Crippen LogP contribution in [0.5, 0.6) is 0 Å². The van der Waals surface area contributed by atoms with Crippen LogP contribution in [0.2, 0.25) is 0 Å². The minimum absolute atomic E-state index is 0.0331. The Kier molecular flexibility index (Phi) is 3.03. The van der Waals surface area contributed by atoms with Crippen molar-refractivity contribution in [2.45, 2.75) is 18.8 Å². The second kappa shape index (κ2) is 5.29. The number of piperidine rings is 1. The molecule has 0 bridgehead atoms. The highest BCUT2D eigenvalue weighted by Crippen LogP contribution is 2.67. The molecule has 2 aliphatic carbocycles. The Labute approximate surface area is 165 Å². The van der Waals surface area contributed by atoms with Gasteiger partial charge in [0.1, 0.15) is 5.65 Å². The number of aromatic amines is 1. The molecule has 1 aliphatic heterocycles. The maximum Gasteiger partial charge on any atom is 0.250 e. The van der Waals surface area contributed by atoms with Crippen molar-refractivity contribution in [1.82, 2.24) is 14.9 Å². The molecule has 2 fully saturated rings. The van der Waals surface area contributed by atoms with Crippen LogP contribution < -0.4 is 0 Å². The molecule has 3 aromatic rings. The first-order valence-electron chi connectivity index (χ1n) is 9.36. The highest BCUT2D eigenvalue weighted by Gasteiger charge is 2.67. The Morgan fingerprint density at radius 2 is 2.36 bits per heavy atom. The van der Waals surface area contributed by atoms with Gasteiger partial charge in [-0.15, -0.1) is 11.3 Å². The van der Waals surface area contributed by atoms with E-state index in [-0.39, 0.29) is 17.1 Å². The number of hydrogen-bond donors (Lipinski definition) is 1. The summed E-state index contributed by atoms with van der Waals surface area (Å²) in [5, 5.41) is 3.05. The fourth-order valence-electron chi connectivity index (χ4n) is 5.01. The zero-order chi connectivity index (χ0) is 19.0. The SMILES string of the molecule is Cc1csc2c1[C@@]13C[C@@H]1CN(C(=O)/C=C/c1c[nH]c4ncccc14)C3=CC2=O. The second-order valence-electron chi connectivity index (χ2n) is 7.81. The number of allylic oxidation sites excluding steroid dienone is 2. The van der Waals surface area contributed by atoms with Crippen LogP contribution in [0.25, 0.3) is 17.1 Å². The Hall–Kier alpha value is -2.99. The van der Waals surface area contributed by atoms with Gasteiger partial charge in [0.15, 0.2) is 5.78 Å². The number of nitrogens with one attached hydrogen (secondary N) is 1. The number of fused-ring (bicyclic) bond motifs is 2. The van der Waals surface area contributed by atoms with Crippen LogP contribution in [0.4, 0.5) is 0 Å². The smallest absolute Gasteiger partial charge is 0.250 e. The lowest BCUT2D eigenvalue weighted by Crippen LogP contribution is -2.32. The first kappa shape index (κ1) is 16.0. The number of ketones is 1. The fourth-order valence-corrected chi connectivity index (χ4v) is 6.06. The molecule has 1 saturated heterocycles. The van der Waals surface area contributed by atoms with Crippen molar-refractivity contribution in [3.8, 4) is 0 Å². The first-order valence-corrected chi connectivity index (χ1v) is 10.2. The van der Waals surface area contributed by atoms with E-state index in [0.717, 1.165) is 33.6 Å². The number of aryl methyl sites for hydroxylation is 1. The summed E-state index contributed by atoms with van der Waals surface area (Å²) >= 11 is 1.53. The highest BCUT2D eigenvalue weighted by molar-refractivity contribution is 7.12. The zero-order valence-corrected chi connectivity index (χ0v) is 16.0. The van der Waals surface area contributed by atoms with Crippen LogP contribution in [0, 0.1) is 12.8 Å². The predicted octanol–water partition coefficient (Wildman–Crippen LogP) is 3.83. The molecule has 6 heteroatoms. The lowest BCUT2D eigenvalue weighted by Gasteiger charge is -2.27. The van der Waals surface area contributed by atoms with Gasteiger partial charge < -0.3 is 9.88 Å². The summed E-state index contributed by atoms with van der Waals surface area (Å²) < 4.78 is 0. The molecule has 6 rings (SSSR count). The number of thiophene rings is 1. The number of H-pyrrole nitrogens is 1. The summed E-state index contributed by atoms with van der Waals surface area (Å²) in [6, 6.07) is 3.86.